The van der Waals surface area contributed by atoms with E-state index in [2.05, 4.69) is 25.9 Å². The normalized spacial score (nSPS) is 18.5. The molecule has 3 N–H and O–H groups in total. The highest BCUT2D eigenvalue weighted by Crippen LogP contribution is 2.31. The minimum Gasteiger partial charge on any atom is -0.340 e. The molecule has 31 heavy (non-hydrogen) atoms. The Morgan fingerprint density at radius 1 is 1.03 bits per heavy atom. The third-order valence-electron chi connectivity index (χ3n) is 5.51. The number of amides is 1. The zero-order valence-electron chi connectivity index (χ0n) is 17.3. The minimum atomic E-state index is -0.287. The number of aromatic nitrogens is 2. The number of anilines is 4. The van der Waals surface area contributed by atoms with E-state index in [0.717, 1.165) is 42.7 Å². The predicted molar refractivity (Wildman–Crippen MR) is 119 cm³/mol. The number of halogens is 1. The highest BCUT2D eigenvalue weighted by molar-refractivity contribution is 5.59. The second-order valence-corrected chi connectivity index (χ2v) is 7.51. The van der Waals surface area contributed by atoms with Crippen LogP contribution in [0.5, 0.6) is 0 Å². The minimum absolute atomic E-state index is 0.0669. The van der Waals surface area contributed by atoms with Crippen LogP contribution in [-0.2, 0) is 4.79 Å². The number of benzene rings is 2. The Kier molecular flexibility index (Phi) is 6.37. The molecule has 1 fully saturated rings. The van der Waals surface area contributed by atoms with Crippen molar-refractivity contribution in [2.24, 2.45) is 0 Å². The van der Waals surface area contributed by atoms with Crippen LogP contribution in [-0.4, -0.2) is 40.9 Å². The molecule has 1 saturated heterocycles. The van der Waals surface area contributed by atoms with Gasteiger partial charge in [-0.15, -0.1) is 0 Å². The molecule has 0 radical (unpaired) electrons. The number of nitrogens with one attached hydrogen (secondary N) is 3. The van der Waals surface area contributed by atoms with Gasteiger partial charge in [-0.2, -0.15) is 4.98 Å². The van der Waals surface area contributed by atoms with Gasteiger partial charge in [-0.3, -0.25) is 4.79 Å². The van der Waals surface area contributed by atoms with Gasteiger partial charge in [0.15, 0.2) is 0 Å². The summed E-state index contributed by atoms with van der Waals surface area (Å²) in [6.45, 7) is 0.751. The van der Waals surface area contributed by atoms with E-state index < -0.39 is 0 Å². The molecule has 1 amide bonds. The lowest BCUT2D eigenvalue weighted by Crippen LogP contribution is -2.42. The van der Waals surface area contributed by atoms with Crippen LogP contribution in [0.3, 0.4) is 0 Å². The number of hydrogen-bond donors (Lipinski definition) is 3. The van der Waals surface area contributed by atoms with Crippen LogP contribution in [0.2, 0.25) is 0 Å². The summed E-state index contributed by atoms with van der Waals surface area (Å²) in [5.74, 6) is 0.759. The Balaban J connectivity index is 1.44. The van der Waals surface area contributed by atoms with E-state index in [1.807, 2.05) is 36.2 Å². The van der Waals surface area contributed by atoms with Crippen molar-refractivity contribution in [2.75, 3.05) is 24.2 Å². The van der Waals surface area contributed by atoms with Crippen molar-refractivity contribution < 1.29 is 9.18 Å². The SMILES string of the molecule is CNC1CCN(C=O)C(c2ccc(Nc3nccc(Nc4ccc(F)cc4)n3)cc2)C1. The third-order valence-corrected chi connectivity index (χ3v) is 5.51. The van der Waals surface area contributed by atoms with Crippen molar-refractivity contribution in [3.8, 4) is 0 Å². The Morgan fingerprint density at radius 3 is 2.45 bits per heavy atom. The van der Waals surface area contributed by atoms with Crippen molar-refractivity contribution in [1.29, 1.82) is 0 Å². The van der Waals surface area contributed by atoms with E-state index in [0.29, 0.717) is 17.8 Å². The molecule has 4 rings (SSSR count). The summed E-state index contributed by atoms with van der Waals surface area (Å²) in [5.41, 5.74) is 2.69. The summed E-state index contributed by atoms with van der Waals surface area (Å²) < 4.78 is 13.1. The highest BCUT2D eigenvalue weighted by atomic mass is 19.1. The van der Waals surface area contributed by atoms with E-state index in [1.165, 1.54) is 12.1 Å². The summed E-state index contributed by atoms with van der Waals surface area (Å²) in [6, 6.07) is 16.3. The molecular weight excluding hydrogens is 395 g/mol. The maximum atomic E-state index is 13.1. The molecule has 0 aliphatic carbocycles. The molecule has 2 heterocycles. The summed E-state index contributed by atoms with van der Waals surface area (Å²) >= 11 is 0. The maximum Gasteiger partial charge on any atom is 0.229 e. The molecule has 1 aliphatic heterocycles. The molecule has 160 valence electrons. The largest absolute Gasteiger partial charge is 0.340 e. The van der Waals surface area contributed by atoms with E-state index >= 15 is 0 Å². The number of carbonyl (C=O) groups excluding carboxylic acids is 1. The molecule has 2 atom stereocenters. The molecular formula is C23H25FN6O. The van der Waals surface area contributed by atoms with E-state index in [4.69, 9.17) is 0 Å². The molecule has 3 aromatic rings. The van der Waals surface area contributed by atoms with Crippen molar-refractivity contribution in [2.45, 2.75) is 24.9 Å². The van der Waals surface area contributed by atoms with Crippen molar-refractivity contribution in [1.82, 2.24) is 20.2 Å². The van der Waals surface area contributed by atoms with Crippen molar-refractivity contribution in [3.05, 3.63) is 72.2 Å². The molecule has 2 aromatic carbocycles. The van der Waals surface area contributed by atoms with Gasteiger partial charge < -0.3 is 20.9 Å². The Morgan fingerprint density at radius 2 is 1.74 bits per heavy atom. The van der Waals surface area contributed by atoms with E-state index in [-0.39, 0.29) is 11.9 Å². The number of hydrogen-bond acceptors (Lipinski definition) is 6. The Hall–Kier alpha value is -3.52. The van der Waals surface area contributed by atoms with Gasteiger partial charge in [0.2, 0.25) is 12.4 Å². The third kappa shape index (κ3) is 5.16. The van der Waals surface area contributed by atoms with Crippen LogP contribution in [0.25, 0.3) is 0 Å². The molecule has 8 heteroatoms. The number of rotatable bonds is 7. The summed E-state index contributed by atoms with van der Waals surface area (Å²) in [7, 11) is 1.96. The summed E-state index contributed by atoms with van der Waals surface area (Å²) in [6.07, 6.45) is 4.45. The molecule has 1 aliphatic rings. The molecule has 7 nitrogen and oxygen atoms in total. The molecule has 2 unspecified atom stereocenters. The average Bonchev–Trinajstić information content (AvgIpc) is 2.81. The fourth-order valence-electron chi connectivity index (χ4n) is 3.79. The molecule has 1 aromatic heterocycles. The summed E-state index contributed by atoms with van der Waals surface area (Å²) in [4.78, 5) is 22.1. The Bertz CT molecular complexity index is 1010. The van der Waals surface area contributed by atoms with Crippen molar-refractivity contribution in [3.63, 3.8) is 0 Å². The predicted octanol–water partition coefficient (Wildman–Crippen LogP) is 3.98. The van der Waals surface area contributed by atoms with Gasteiger partial charge in [-0.1, -0.05) is 12.1 Å². The first-order valence-corrected chi connectivity index (χ1v) is 10.3. The van der Waals surface area contributed by atoms with E-state index in [1.54, 1.807) is 24.4 Å². The monoisotopic (exact) mass is 420 g/mol. The van der Waals surface area contributed by atoms with Crippen LogP contribution >= 0.6 is 0 Å². The average molecular weight is 420 g/mol. The molecule has 0 saturated carbocycles. The van der Waals surface area contributed by atoms with Crippen LogP contribution in [0.1, 0.15) is 24.4 Å². The second-order valence-electron chi connectivity index (χ2n) is 7.51. The Labute approximate surface area is 180 Å². The van der Waals surface area contributed by atoms with Gasteiger partial charge in [0.05, 0.1) is 6.04 Å². The zero-order chi connectivity index (χ0) is 21.6. The van der Waals surface area contributed by atoms with Gasteiger partial charge in [-0.25, -0.2) is 9.37 Å². The van der Waals surface area contributed by atoms with Crippen LogP contribution in [0.4, 0.5) is 27.5 Å². The lowest BCUT2D eigenvalue weighted by Gasteiger charge is -2.37. The van der Waals surface area contributed by atoms with Crippen LogP contribution < -0.4 is 16.0 Å². The fourth-order valence-corrected chi connectivity index (χ4v) is 3.79. The van der Waals surface area contributed by atoms with Crippen LogP contribution in [0.15, 0.2) is 60.8 Å². The smallest absolute Gasteiger partial charge is 0.229 e. The van der Waals surface area contributed by atoms with Gasteiger partial charge in [-0.05, 0) is 67.9 Å². The lowest BCUT2D eigenvalue weighted by molar-refractivity contribution is -0.121. The first-order valence-electron chi connectivity index (χ1n) is 10.3. The van der Waals surface area contributed by atoms with Gasteiger partial charge >= 0.3 is 0 Å². The molecule has 0 spiro atoms. The van der Waals surface area contributed by atoms with Gasteiger partial charge in [0.25, 0.3) is 0 Å². The lowest BCUT2D eigenvalue weighted by atomic mass is 9.92. The first kappa shape index (κ1) is 20.7. The molecule has 0 bridgehead atoms. The summed E-state index contributed by atoms with van der Waals surface area (Å²) in [5, 5.41) is 9.65. The number of nitrogens with zero attached hydrogens (tertiary/aromatic N) is 3. The second kappa shape index (κ2) is 9.53. The van der Waals surface area contributed by atoms with Gasteiger partial charge in [0.1, 0.15) is 11.6 Å². The topological polar surface area (TPSA) is 82.2 Å². The standard InChI is InChI=1S/C23H25FN6O/c1-25-20-11-13-30(15-31)21(14-20)16-2-6-19(7-3-16)28-23-26-12-10-22(29-23)27-18-8-4-17(24)5-9-18/h2-10,12,15,20-21,25H,11,13-14H2,1H3,(H2,26,27,28,29). The number of likely N-dealkylation sites (tertiary alicyclic amines) is 1. The van der Waals surface area contributed by atoms with Gasteiger partial charge in [0, 0.05) is 30.2 Å². The maximum absolute atomic E-state index is 13.1. The highest BCUT2D eigenvalue weighted by Gasteiger charge is 2.27. The fraction of sp³-hybridized carbons (Fsp3) is 0.261. The number of piperidine rings is 1. The zero-order valence-corrected chi connectivity index (χ0v) is 17.3. The van der Waals surface area contributed by atoms with E-state index in [9.17, 15) is 9.18 Å². The quantitative estimate of drug-likeness (QED) is 0.502. The first-order chi connectivity index (χ1) is 15.1. The van der Waals surface area contributed by atoms with Crippen molar-refractivity contribution >= 4 is 29.6 Å². The number of carbonyl (C=O) groups is 1. The van der Waals surface area contributed by atoms with Crippen LogP contribution in [0, 0.1) is 5.82 Å².